The highest BCUT2D eigenvalue weighted by molar-refractivity contribution is 6.42. The van der Waals surface area contributed by atoms with Crippen LogP contribution in [0.4, 0.5) is 11.4 Å². The predicted molar refractivity (Wildman–Crippen MR) is 571 cm³/mol. The number of nitrogens with zero attached hydrogens (tertiary/aromatic N) is 12. The van der Waals surface area contributed by atoms with Gasteiger partial charge in [-0.1, -0.05) is 149 Å². The minimum Gasteiger partial charge on any atom is -0.508 e. The van der Waals surface area contributed by atoms with Gasteiger partial charge in [-0.3, -0.25) is 93.7 Å². The molecule has 5 amide bonds. The summed E-state index contributed by atoms with van der Waals surface area (Å²) in [6.07, 6.45) is 0. The van der Waals surface area contributed by atoms with Gasteiger partial charge in [0.05, 0.1) is 115 Å². The van der Waals surface area contributed by atoms with E-state index in [-0.39, 0.29) is 107 Å². The minimum atomic E-state index is -0.685. The Hall–Kier alpha value is -17.7. The number of hydrogen-bond donors (Lipinski definition) is 13. The highest BCUT2D eigenvalue weighted by Gasteiger charge is 2.26. The van der Waals surface area contributed by atoms with Crippen molar-refractivity contribution < 1.29 is 49.1 Å². The second kappa shape index (κ2) is 47.7. The molecule has 0 bridgehead atoms. The molecule has 15 rings (SSSR count). The standard InChI is InChI=1S/C23H24Cl2N4O2.C23H26N4O3.C21H22N4O3.C19H16Cl2N4O3.C19H16N6O6/c1-13(26-27-21(30)15-6-8-16(9-7-15)23(3,4)5)20-14(2)28-29(22(20)31)17-10-11-18(24)19(25)12-17;1-14(24-25-21(29)16-7-6-8-19(28)13-16)20-15(2)26-27(22(20)30)18-11-9-17(10-12-18)23(3,4)5;1-12-8-9-17(10-13(12)2)25-21(28)19(15(4)24-25)14(3)22-23-20(27)16-6-5-7-18(26)11-16;1-10(22-23-18(27)12-4-3-5-14(26)8-12)17-11(2)24-25(19(17)28)13-6-7-15(20)16(21)9-13;1-11(20-21-18(26)13-5-3-7-15(9-13)24(28)29)17-12(2)22-23(19(17)27)14-6-4-8-16(10-14)25(30)31/h6-12,28H,1-5H3,(H,27,30);6-13,26,28H,1-5H3,(H,25,29);5-11,24,26H,1-4H3,(H,23,27);3-9,24,26H,1-2H3,(H,23,27);3-10,22H,1-2H3,(H,21,26). The van der Waals surface area contributed by atoms with Crippen molar-refractivity contribution in [1.29, 1.82) is 0 Å². The number of nitro benzene ring substituents is 2. The molecule has 0 fully saturated rings. The van der Waals surface area contributed by atoms with Crippen LogP contribution in [0.15, 0.2) is 274 Å². The Kier molecular flexibility index (Phi) is 35.7. The smallest absolute Gasteiger partial charge is 0.280 e. The van der Waals surface area contributed by atoms with Gasteiger partial charge in [0.15, 0.2) is 0 Å². The summed E-state index contributed by atoms with van der Waals surface area (Å²) >= 11 is 24.0. The zero-order valence-corrected chi connectivity index (χ0v) is 86.3. The molecule has 148 heavy (non-hydrogen) atoms. The number of aryl methyl sites for hydroxylation is 7. The van der Waals surface area contributed by atoms with Crippen molar-refractivity contribution in [1.82, 2.24) is 76.0 Å². The number of non-ortho nitro benzene ring substituents is 2. The van der Waals surface area contributed by atoms with Crippen LogP contribution in [-0.4, -0.2) is 132 Å². The van der Waals surface area contributed by atoms with Crippen LogP contribution < -0.4 is 54.9 Å². The van der Waals surface area contributed by atoms with Gasteiger partial charge in [-0.25, -0.2) is 50.5 Å². The molecule has 10 aromatic carbocycles. The van der Waals surface area contributed by atoms with E-state index in [1.807, 2.05) is 68.4 Å². The van der Waals surface area contributed by atoms with Gasteiger partial charge >= 0.3 is 0 Å². The van der Waals surface area contributed by atoms with Gasteiger partial charge in [0.2, 0.25) is 0 Å². The molecule has 0 aliphatic rings. The summed E-state index contributed by atoms with van der Waals surface area (Å²) in [7, 11) is 0. The number of hydrazone groups is 5. The normalized spacial score (nSPS) is 11.7. The molecule has 43 heteroatoms. The molecule has 5 aromatic heterocycles. The van der Waals surface area contributed by atoms with Crippen LogP contribution >= 0.6 is 46.4 Å². The molecule has 0 radical (unpaired) electrons. The lowest BCUT2D eigenvalue weighted by Crippen LogP contribution is -2.23. The van der Waals surface area contributed by atoms with E-state index in [0.29, 0.717) is 111 Å². The first-order chi connectivity index (χ1) is 69.8. The van der Waals surface area contributed by atoms with Crippen molar-refractivity contribution in [3.8, 4) is 45.7 Å². The van der Waals surface area contributed by atoms with E-state index < -0.39 is 39.0 Å². The number of nitro groups is 2. The van der Waals surface area contributed by atoms with E-state index in [1.165, 1.54) is 110 Å². The molecule has 0 saturated carbocycles. The van der Waals surface area contributed by atoms with Gasteiger partial charge < -0.3 is 15.3 Å². The van der Waals surface area contributed by atoms with Crippen molar-refractivity contribution in [3.05, 3.63) is 423 Å². The number of nitrogens with one attached hydrogen (secondary N) is 10. The fourth-order valence-corrected chi connectivity index (χ4v) is 15.4. The largest absolute Gasteiger partial charge is 0.508 e. The van der Waals surface area contributed by atoms with Gasteiger partial charge in [0, 0.05) is 80.6 Å². The van der Waals surface area contributed by atoms with Gasteiger partial charge in [0.1, 0.15) is 17.2 Å². The van der Waals surface area contributed by atoms with Crippen molar-refractivity contribution in [2.24, 2.45) is 25.5 Å². The zero-order valence-electron chi connectivity index (χ0n) is 83.3. The average molecular weight is 2090 g/mol. The summed E-state index contributed by atoms with van der Waals surface area (Å²) < 4.78 is 6.75. The number of benzene rings is 10. The maximum absolute atomic E-state index is 13.0. The van der Waals surface area contributed by atoms with Gasteiger partial charge in [-0.15, -0.1) is 0 Å². The lowest BCUT2D eigenvalue weighted by molar-refractivity contribution is -0.385. The van der Waals surface area contributed by atoms with Crippen LogP contribution in [0.1, 0.15) is 206 Å². The molecular weight excluding hydrogens is 1980 g/mol. The van der Waals surface area contributed by atoms with Crippen molar-refractivity contribution in [3.63, 3.8) is 0 Å². The molecule has 15 aromatic rings. The predicted octanol–water partition coefficient (Wildman–Crippen LogP) is 17.9. The van der Waals surface area contributed by atoms with E-state index in [9.17, 15) is 83.5 Å². The quantitative estimate of drug-likeness (QED) is 0.0170. The number of carbonyl (C=O) groups is 5. The number of halogens is 4. The topological polar surface area (TPSA) is 543 Å². The summed E-state index contributed by atoms with van der Waals surface area (Å²) in [5.74, 6) is -2.54. The number of rotatable bonds is 22. The molecule has 0 aliphatic heterocycles. The zero-order chi connectivity index (χ0) is 109. The molecule has 0 unspecified atom stereocenters. The highest BCUT2D eigenvalue weighted by atomic mass is 35.5. The summed E-state index contributed by atoms with van der Waals surface area (Å²) in [5, 5.41) is 86.9. The SMILES string of the molecule is CC(=NNC(=O)c1ccc(C(C)(C)C)cc1)c1c(C)[nH]n(-c2ccc(Cl)c(Cl)c2)c1=O.CC(=NNC(=O)c1cccc(O)c1)c1c(C)[nH]n(-c2ccc(C(C)(C)C)cc2)c1=O.CC(=NNC(=O)c1cccc(O)c1)c1c(C)[nH]n(-c2ccc(C)c(C)c2)c1=O.CC(=NNC(=O)c1cccc(O)c1)c1c(C)[nH]n(-c2ccc(Cl)c(Cl)c2)c1=O.CC(=NNC(=O)c1cccc([N+](=O)[O-])c1)c1c(C)[nH]n(-c2cccc([N+](=O)[O-])c2)c1=O. The fraction of sp³-hybridized carbons (Fsp3) is 0.190. The molecule has 13 N–H and O–H groups in total. The van der Waals surface area contributed by atoms with Crippen molar-refractivity contribution >= 4 is 116 Å². The first-order valence-electron chi connectivity index (χ1n) is 45.2. The lowest BCUT2D eigenvalue weighted by Gasteiger charge is -2.19. The molecule has 0 aliphatic carbocycles. The third kappa shape index (κ3) is 27.2. The van der Waals surface area contributed by atoms with Crippen LogP contribution in [0.25, 0.3) is 28.4 Å². The summed E-state index contributed by atoms with van der Waals surface area (Å²) in [5.41, 5.74) is 24.9. The minimum absolute atomic E-state index is 0.00374. The van der Waals surface area contributed by atoms with Gasteiger partial charge in [-0.2, -0.15) is 25.5 Å². The first-order valence-corrected chi connectivity index (χ1v) is 46.7. The number of phenolic OH excluding ortho intramolecular Hbond substituents is 3. The Morgan fingerprint density at radius 2 is 0.547 bits per heavy atom. The van der Waals surface area contributed by atoms with E-state index in [1.54, 1.807) is 147 Å². The van der Waals surface area contributed by atoms with Crippen LogP contribution in [0.5, 0.6) is 17.2 Å². The summed E-state index contributed by atoms with van der Waals surface area (Å²) in [6.45, 7) is 33.5. The molecular formula is C105H104Cl4N22O17. The molecule has 0 atom stereocenters. The number of hydrogen-bond acceptors (Lipinski definition) is 22. The second-order valence-electron chi connectivity index (χ2n) is 35.8. The number of aromatic hydroxyl groups is 3. The molecule has 0 saturated heterocycles. The van der Waals surface area contributed by atoms with Crippen LogP contribution in [0.3, 0.4) is 0 Å². The Morgan fingerprint density at radius 1 is 0.297 bits per heavy atom. The lowest BCUT2D eigenvalue weighted by atomic mass is 9.87. The molecule has 5 heterocycles. The summed E-state index contributed by atoms with van der Waals surface area (Å²) in [4.78, 5) is 146. The maximum atomic E-state index is 13.0. The number of carbonyl (C=O) groups excluding carboxylic acids is 5. The maximum Gasteiger partial charge on any atom is 0.280 e. The Bertz CT molecular complexity index is 7970. The van der Waals surface area contributed by atoms with Gasteiger partial charge in [-0.05, 0) is 256 Å². The Balaban J connectivity index is 0.000000176. The highest BCUT2D eigenvalue weighted by Crippen LogP contribution is 2.30. The molecule has 0 spiro atoms. The fourth-order valence-electron chi connectivity index (χ4n) is 14.8. The number of phenols is 3. The molecule has 764 valence electrons. The van der Waals surface area contributed by atoms with Crippen molar-refractivity contribution in [2.75, 3.05) is 0 Å². The second-order valence-corrected chi connectivity index (χ2v) is 37.4. The number of aromatic amines is 5. The van der Waals surface area contributed by atoms with E-state index >= 15 is 0 Å². The van der Waals surface area contributed by atoms with Gasteiger partial charge in [0.25, 0.3) is 68.7 Å². The molecule has 39 nitrogen and oxygen atoms in total. The van der Waals surface area contributed by atoms with Crippen molar-refractivity contribution in [2.45, 2.75) is 135 Å². The van der Waals surface area contributed by atoms with E-state index in [0.717, 1.165) is 38.8 Å². The number of aromatic nitrogens is 10. The van der Waals surface area contributed by atoms with Crippen LogP contribution in [0.2, 0.25) is 20.1 Å². The number of amides is 5. The Morgan fingerprint density at radius 3 is 0.838 bits per heavy atom. The number of H-pyrrole nitrogens is 5. The van der Waals surface area contributed by atoms with Crippen LogP contribution in [0, 0.1) is 68.7 Å². The third-order valence-electron chi connectivity index (χ3n) is 22.8. The first kappa shape index (κ1) is 111. The average Bonchev–Trinajstić information content (AvgIpc) is 1.66. The monoisotopic (exact) mass is 2080 g/mol. The van der Waals surface area contributed by atoms with E-state index in [2.05, 4.69) is 120 Å². The summed E-state index contributed by atoms with van der Waals surface area (Å²) in [6, 6.07) is 59.1. The van der Waals surface area contributed by atoms with Crippen LogP contribution in [-0.2, 0) is 10.8 Å². The Labute approximate surface area is 865 Å². The van der Waals surface area contributed by atoms with E-state index in [4.69, 9.17) is 46.4 Å². The third-order valence-corrected chi connectivity index (χ3v) is 24.3.